The number of sulfonamides is 1. The molecule has 2 atom stereocenters. The van der Waals surface area contributed by atoms with Gasteiger partial charge in [-0.2, -0.15) is 4.72 Å². The predicted molar refractivity (Wildman–Crippen MR) is 90.9 cm³/mol. The Hall–Kier alpha value is -2.26. The van der Waals surface area contributed by atoms with Crippen LogP contribution < -0.4 is 9.46 Å². The second kappa shape index (κ2) is 8.21. The molecule has 0 saturated carbocycles. The van der Waals surface area contributed by atoms with Crippen molar-refractivity contribution in [2.45, 2.75) is 11.7 Å². The smallest absolute Gasteiger partial charge is 0.269 e. The standard InChI is InChI=1S/C14H15N2O7PS/c17-16(18)12-6-8-13(9-7-12)23-14(24(19)20)15-25(21,22)10-11-4-2-1-3-5-11/h1-9,14-15,24H,10H2,(H,19,20). The summed E-state index contributed by atoms with van der Waals surface area (Å²) in [5.74, 6) is -2.05. The van der Waals surface area contributed by atoms with Crippen LogP contribution in [-0.4, -0.2) is 24.2 Å². The summed E-state index contributed by atoms with van der Waals surface area (Å²) in [5, 5.41) is 10.6. The Morgan fingerprint density at radius 2 is 1.76 bits per heavy atom. The molecule has 2 aromatic rings. The number of hydrogen-bond donors (Lipinski definition) is 2. The average Bonchev–Trinajstić information content (AvgIpc) is 2.55. The summed E-state index contributed by atoms with van der Waals surface area (Å²) in [5.41, 5.74) is 0.312. The largest absolute Gasteiger partial charge is 0.465 e. The maximum absolute atomic E-state index is 12.1. The molecule has 0 radical (unpaired) electrons. The van der Waals surface area contributed by atoms with E-state index in [0.29, 0.717) is 5.56 Å². The molecule has 0 aromatic heterocycles. The van der Waals surface area contributed by atoms with Crippen LogP contribution in [0, 0.1) is 10.1 Å². The highest BCUT2D eigenvalue weighted by Crippen LogP contribution is 2.26. The molecule has 11 heteroatoms. The van der Waals surface area contributed by atoms with E-state index in [1.807, 2.05) is 4.72 Å². The maximum Gasteiger partial charge on any atom is 0.269 e. The normalized spacial score (nSPS) is 13.8. The van der Waals surface area contributed by atoms with E-state index in [0.717, 1.165) is 12.1 Å². The van der Waals surface area contributed by atoms with Crippen LogP contribution >= 0.6 is 8.03 Å². The molecule has 134 valence electrons. The summed E-state index contributed by atoms with van der Waals surface area (Å²) in [6, 6.07) is 13.0. The SMILES string of the molecule is O=[N+]([O-])c1ccc(OC(NS(=O)(=O)Cc2ccccc2)[PH](=O)O)cc1. The van der Waals surface area contributed by atoms with Crippen molar-refractivity contribution < 1.29 is 27.5 Å². The molecule has 0 bridgehead atoms. The molecule has 0 spiro atoms. The number of rotatable bonds is 8. The molecule has 9 nitrogen and oxygen atoms in total. The zero-order valence-corrected chi connectivity index (χ0v) is 14.5. The lowest BCUT2D eigenvalue weighted by molar-refractivity contribution is -0.384. The number of nitro benzene ring substituents is 1. The van der Waals surface area contributed by atoms with Gasteiger partial charge >= 0.3 is 0 Å². The Balaban J connectivity index is 2.10. The van der Waals surface area contributed by atoms with Gasteiger partial charge in [0, 0.05) is 12.1 Å². The van der Waals surface area contributed by atoms with Crippen LogP contribution in [0.4, 0.5) is 5.69 Å². The second-order valence-electron chi connectivity index (χ2n) is 4.95. The van der Waals surface area contributed by atoms with Crippen LogP contribution in [0.15, 0.2) is 54.6 Å². The van der Waals surface area contributed by atoms with Crippen molar-refractivity contribution in [3.8, 4) is 5.75 Å². The highest BCUT2D eigenvalue weighted by molar-refractivity contribution is 7.88. The lowest BCUT2D eigenvalue weighted by Gasteiger charge is -2.17. The van der Waals surface area contributed by atoms with E-state index in [2.05, 4.69) is 0 Å². The van der Waals surface area contributed by atoms with Crippen LogP contribution in [0.25, 0.3) is 0 Å². The summed E-state index contributed by atoms with van der Waals surface area (Å²) >= 11 is 0. The Bertz CT molecular complexity index is 857. The quantitative estimate of drug-likeness (QED) is 0.306. The molecular weight excluding hydrogens is 371 g/mol. The van der Waals surface area contributed by atoms with Crippen molar-refractivity contribution in [2.75, 3.05) is 0 Å². The third-order valence-corrected chi connectivity index (χ3v) is 5.22. The summed E-state index contributed by atoms with van der Waals surface area (Å²) in [6.07, 6.45) is 0. The van der Waals surface area contributed by atoms with Gasteiger partial charge in [0.15, 0.2) is 0 Å². The summed E-state index contributed by atoms with van der Waals surface area (Å²) in [4.78, 5) is 19.3. The first-order valence-electron chi connectivity index (χ1n) is 6.95. The summed E-state index contributed by atoms with van der Waals surface area (Å²) in [6.45, 7) is 0. The van der Waals surface area contributed by atoms with E-state index in [1.165, 1.54) is 12.1 Å². The van der Waals surface area contributed by atoms with Gasteiger partial charge in [-0.15, -0.1) is 0 Å². The molecule has 2 rings (SSSR count). The van der Waals surface area contributed by atoms with E-state index in [4.69, 9.17) is 4.74 Å². The van der Waals surface area contributed by atoms with Crippen molar-refractivity contribution in [1.82, 2.24) is 4.72 Å². The van der Waals surface area contributed by atoms with Crippen molar-refractivity contribution in [3.63, 3.8) is 0 Å². The molecule has 0 aliphatic heterocycles. The van der Waals surface area contributed by atoms with Crippen molar-refractivity contribution in [1.29, 1.82) is 0 Å². The molecule has 25 heavy (non-hydrogen) atoms. The second-order valence-corrected chi connectivity index (χ2v) is 7.90. The van der Waals surface area contributed by atoms with Crippen molar-refractivity contribution in [2.24, 2.45) is 0 Å². The number of nitrogens with one attached hydrogen (secondary N) is 1. The molecule has 0 saturated heterocycles. The van der Waals surface area contributed by atoms with E-state index in [9.17, 15) is 28.0 Å². The van der Waals surface area contributed by atoms with Gasteiger partial charge in [0.25, 0.3) is 5.69 Å². The number of nitrogens with zero attached hydrogens (tertiary/aromatic N) is 1. The zero-order valence-electron chi connectivity index (χ0n) is 12.7. The minimum atomic E-state index is -3.94. The monoisotopic (exact) mass is 386 g/mol. The van der Waals surface area contributed by atoms with Crippen molar-refractivity contribution >= 4 is 23.7 Å². The molecule has 0 aliphatic rings. The van der Waals surface area contributed by atoms with Crippen LogP contribution in [-0.2, 0) is 20.3 Å². The molecular formula is C14H15N2O7PS. The van der Waals surface area contributed by atoms with Gasteiger partial charge in [-0.05, 0) is 17.7 Å². The maximum atomic E-state index is 12.1. The van der Waals surface area contributed by atoms with Gasteiger partial charge < -0.3 is 9.63 Å². The number of non-ortho nitro benzene ring substituents is 1. The number of benzene rings is 2. The van der Waals surface area contributed by atoms with Crippen LogP contribution in [0.3, 0.4) is 0 Å². The predicted octanol–water partition coefficient (Wildman–Crippen LogP) is 1.84. The van der Waals surface area contributed by atoms with Gasteiger partial charge in [0.05, 0.1) is 10.7 Å². The minimum absolute atomic E-state index is 0.0189. The topological polar surface area (TPSA) is 136 Å². The molecule has 0 heterocycles. The molecule has 2 aromatic carbocycles. The summed E-state index contributed by atoms with van der Waals surface area (Å²) in [7, 11) is -7.36. The third-order valence-electron chi connectivity index (χ3n) is 3.01. The average molecular weight is 386 g/mol. The minimum Gasteiger partial charge on any atom is -0.465 e. The molecule has 2 N–H and O–H groups in total. The fourth-order valence-corrected chi connectivity index (χ4v) is 4.17. The lowest BCUT2D eigenvalue weighted by Crippen LogP contribution is -2.37. The van der Waals surface area contributed by atoms with Crippen molar-refractivity contribution in [3.05, 3.63) is 70.3 Å². The lowest BCUT2D eigenvalue weighted by atomic mass is 10.2. The third kappa shape index (κ3) is 5.95. The van der Waals surface area contributed by atoms with E-state index in [-0.39, 0.29) is 17.2 Å². The van der Waals surface area contributed by atoms with Crippen LogP contribution in [0.1, 0.15) is 5.56 Å². The number of hydrogen-bond acceptors (Lipinski definition) is 6. The summed E-state index contributed by atoms with van der Waals surface area (Å²) < 4.78 is 42.9. The van der Waals surface area contributed by atoms with Crippen LogP contribution in [0.5, 0.6) is 5.75 Å². The number of ether oxygens (including phenoxy) is 1. The van der Waals surface area contributed by atoms with E-state index in [1.54, 1.807) is 30.3 Å². The first-order valence-corrected chi connectivity index (χ1v) is 10.0. The van der Waals surface area contributed by atoms with Crippen LogP contribution in [0.2, 0.25) is 0 Å². The first-order chi connectivity index (χ1) is 11.8. The van der Waals surface area contributed by atoms with Gasteiger partial charge in [-0.3, -0.25) is 14.7 Å². The van der Waals surface area contributed by atoms with Gasteiger partial charge in [-0.1, -0.05) is 30.3 Å². The number of nitro groups is 1. The zero-order chi connectivity index (χ0) is 18.4. The highest BCUT2D eigenvalue weighted by atomic mass is 32.2. The fourth-order valence-electron chi connectivity index (χ4n) is 1.91. The highest BCUT2D eigenvalue weighted by Gasteiger charge is 2.24. The molecule has 0 amide bonds. The Labute approximate surface area is 144 Å². The molecule has 2 unspecified atom stereocenters. The van der Waals surface area contributed by atoms with Gasteiger partial charge in [0.2, 0.25) is 24.0 Å². The first kappa shape index (κ1) is 19.1. The Morgan fingerprint density at radius 1 is 1.16 bits per heavy atom. The molecule has 0 fully saturated rings. The van der Waals surface area contributed by atoms with E-state index < -0.39 is 28.9 Å². The molecule has 0 aliphatic carbocycles. The Morgan fingerprint density at radius 3 is 2.28 bits per heavy atom. The fraction of sp³-hybridized carbons (Fsp3) is 0.143. The Kier molecular flexibility index (Phi) is 6.27. The van der Waals surface area contributed by atoms with E-state index >= 15 is 0 Å². The van der Waals surface area contributed by atoms with Gasteiger partial charge in [0.1, 0.15) is 5.75 Å². The van der Waals surface area contributed by atoms with Gasteiger partial charge in [-0.25, -0.2) is 8.42 Å².